The van der Waals surface area contributed by atoms with Gasteiger partial charge >= 0.3 is 5.76 Å². The minimum Gasteiger partial charge on any atom is -0.408 e. The molecule has 0 saturated carbocycles. The minimum absolute atomic E-state index is 0.0410. The molecule has 174 valence electrons. The number of oxazole rings is 1. The highest BCUT2D eigenvalue weighted by Gasteiger charge is 2.34. The molecular formula is C20H17F3N4O4S2. The molecule has 4 aromatic rings. The zero-order chi connectivity index (χ0) is 24.0. The Hall–Kier alpha value is -3.16. The highest BCUT2D eigenvalue weighted by atomic mass is 32.2. The van der Waals surface area contributed by atoms with E-state index in [1.165, 1.54) is 37.4 Å². The molecule has 2 aromatic carbocycles. The second kappa shape index (κ2) is 8.32. The number of alkyl halides is 2. The van der Waals surface area contributed by atoms with Crippen LogP contribution in [-0.2, 0) is 15.9 Å². The number of halogens is 3. The van der Waals surface area contributed by atoms with Gasteiger partial charge in [0.15, 0.2) is 16.5 Å². The fourth-order valence-corrected chi connectivity index (χ4v) is 5.31. The molecular weight excluding hydrogens is 481 g/mol. The van der Waals surface area contributed by atoms with E-state index in [0.29, 0.717) is 0 Å². The molecule has 1 unspecified atom stereocenters. The average Bonchev–Trinajstić information content (AvgIpc) is 3.39. The van der Waals surface area contributed by atoms with Crippen molar-refractivity contribution >= 4 is 37.6 Å². The lowest BCUT2D eigenvalue weighted by atomic mass is 9.96. The molecule has 0 bridgehead atoms. The highest BCUT2D eigenvalue weighted by Crippen LogP contribution is 2.35. The Morgan fingerprint density at radius 1 is 1.30 bits per heavy atom. The molecule has 33 heavy (non-hydrogen) atoms. The molecule has 0 amide bonds. The summed E-state index contributed by atoms with van der Waals surface area (Å²) in [6.07, 6.45) is 1.39. The van der Waals surface area contributed by atoms with E-state index in [-0.39, 0.29) is 21.8 Å². The Morgan fingerprint density at radius 3 is 2.70 bits per heavy atom. The van der Waals surface area contributed by atoms with Crippen LogP contribution in [0.25, 0.3) is 11.1 Å². The zero-order valence-electron chi connectivity index (χ0n) is 17.0. The lowest BCUT2D eigenvalue weighted by Crippen LogP contribution is -2.29. The summed E-state index contributed by atoms with van der Waals surface area (Å²) in [4.78, 5) is 15.9. The summed E-state index contributed by atoms with van der Waals surface area (Å²) in [7, 11) is -4.23. The van der Waals surface area contributed by atoms with Gasteiger partial charge in [0.2, 0.25) is 0 Å². The molecule has 4 rings (SSSR count). The number of rotatable bonds is 7. The van der Waals surface area contributed by atoms with Crippen molar-refractivity contribution in [2.24, 2.45) is 5.73 Å². The van der Waals surface area contributed by atoms with Crippen LogP contribution in [0.4, 0.5) is 18.3 Å². The molecule has 0 fully saturated rings. The number of hydrogen-bond acceptors (Lipinski definition) is 7. The van der Waals surface area contributed by atoms with E-state index < -0.39 is 50.6 Å². The zero-order valence-corrected chi connectivity index (χ0v) is 18.6. The summed E-state index contributed by atoms with van der Waals surface area (Å²) in [6, 6.07) is 6.09. The minimum atomic E-state index is -4.23. The normalized spacial score (nSPS) is 13.4. The Morgan fingerprint density at radius 2 is 2.03 bits per heavy atom. The number of sulfonamides is 1. The van der Waals surface area contributed by atoms with Crippen LogP contribution in [0.1, 0.15) is 24.1 Å². The monoisotopic (exact) mass is 498 g/mol. The van der Waals surface area contributed by atoms with Gasteiger partial charge in [-0.15, -0.1) is 11.3 Å². The van der Waals surface area contributed by atoms with Crippen molar-refractivity contribution in [3.8, 4) is 0 Å². The lowest BCUT2D eigenvalue weighted by molar-refractivity contribution is 0.00462. The third-order valence-corrected chi connectivity index (χ3v) is 7.19. The lowest BCUT2D eigenvalue weighted by Gasteiger charge is -2.22. The molecule has 1 atom stereocenters. The highest BCUT2D eigenvalue weighted by molar-refractivity contribution is 7.93. The number of fused-ring (bicyclic) bond motifs is 1. The standard InChI is InChI=1S/C20H17F3N4O4S2/c1-11(13-4-2-3-5-14(13)20(22,23)10-24)27-17-15(21)8-12(9-16(17)31-19(27)28)33(29,30)26-18-25-6-7-32-18/h2-9,11H,10,24H2,1H3,(H,25,26). The van der Waals surface area contributed by atoms with Crippen molar-refractivity contribution in [3.05, 3.63) is 75.5 Å². The van der Waals surface area contributed by atoms with Crippen molar-refractivity contribution < 1.29 is 26.0 Å². The van der Waals surface area contributed by atoms with E-state index >= 15 is 4.39 Å². The van der Waals surface area contributed by atoms with Gasteiger partial charge in [0.1, 0.15) is 5.52 Å². The van der Waals surface area contributed by atoms with Crippen LogP contribution in [-0.4, -0.2) is 24.5 Å². The molecule has 2 aromatic heterocycles. The van der Waals surface area contributed by atoms with Crippen molar-refractivity contribution in [2.75, 3.05) is 11.3 Å². The Bertz CT molecular complexity index is 1480. The van der Waals surface area contributed by atoms with Crippen molar-refractivity contribution in [3.63, 3.8) is 0 Å². The molecule has 2 heterocycles. The predicted molar refractivity (Wildman–Crippen MR) is 117 cm³/mol. The molecule has 0 aliphatic rings. The maximum Gasteiger partial charge on any atom is 0.420 e. The van der Waals surface area contributed by atoms with Gasteiger partial charge in [-0.3, -0.25) is 9.29 Å². The number of nitrogens with one attached hydrogen (secondary N) is 1. The average molecular weight is 499 g/mol. The van der Waals surface area contributed by atoms with E-state index in [9.17, 15) is 22.0 Å². The van der Waals surface area contributed by atoms with E-state index in [2.05, 4.69) is 9.71 Å². The third-order valence-electron chi connectivity index (χ3n) is 5.05. The fourth-order valence-electron chi connectivity index (χ4n) is 3.49. The summed E-state index contributed by atoms with van der Waals surface area (Å²) in [5.74, 6) is -5.49. The summed E-state index contributed by atoms with van der Waals surface area (Å²) in [5, 5.41) is 1.62. The van der Waals surface area contributed by atoms with Crippen LogP contribution >= 0.6 is 11.3 Å². The van der Waals surface area contributed by atoms with Gasteiger partial charge in [0.05, 0.1) is 17.5 Å². The first-order valence-corrected chi connectivity index (χ1v) is 11.9. The van der Waals surface area contributed by atoms with E-state index in [1.807, 2.05) is 0 Å². The van der Waals surface area contributed by atoms with Crippen LogP contribution in [0.15, 0.2) is 62.1 Å². The SMILES string of the molecule is CC(c1ccccc1C(F)(F)CN)n1c(=O)oc2cc(S(=O)(=O)Nc3nccs3)cc(F)c21. The van der Waals surface area contributed by atoms with Gasteiger partial charge in [-0.25, -0.2) is 22.6 Å². The van der Waals surface area contributed by atoms with Crippen LogP contribution in [0.2, 0.25) is 0 Å². The van der Waals surface area contributed by atoms with Gasteiger partial charge in [0.25, 0.3) is 15.9 Å². The maximum atomic E-state index is 15.1. The number of aromatic nitrogens is 2. The van der Waals surface area contributed by atoms with Gasteiger partial charge in [-0.05, 0) is 18.6 Å². The largest absolute Gasteiger partial charge is 0.420 e. The molecule has 0 aliphatic carbocycles. The van der Waals surface area contributed by atoms with Gasteiger partial charge < -0.3 is 10.2 Å². The number of nitrogens with two attached hydrogens (primary N) is 1. The fraction of sp³-hybridized carbons (Fsp3) is 0.200. The Labute approximate surface area is 189 Å². The quantitative estimate of drug-likeness (QED) is 0.401. The third kappa shape index (κ3) is 4.14. The predicted octanol–water partition coefficient (Wildman–Crippen LogP) is 3.65. The first-order valence-electron chi connectivity index (χ1n) is 9.49. The van der Waals surface area contributed by atoms with Crippen LogP contribution < -0.4 is 16.2 Å². The number of nitrogens with zero attached hydrogens (tertiary/aromatic N) is 2. The second-order valence-electron chi connectivity index (χ2n) is 7.10. The summed E-state index contributed by atoms with van der Waals surface area (Å²) >= 11 is 1.02. The van der Waals surface area contributed by atoms with Crippen LogP contribution in [0.5, 0.6) is 0 Å². The topological polar surface area (TPSA) is 120 Å². The molecule has 3 N–H and O–H groups in total. The number of anilines is 1. The molecule has 0 spiro atoms. The van der Waals surface area contributed by atoms with E-state index in [4.69, 9.17) is 10.2 Å². The molecule has 0 radical (unpaired) electrons. The van der Waals surface area contributed by atoms with Gasteiger partial charge in [0, 0.05) is 23.2 Å². The smallest absolute Gasteiger partial charge is 0.408 e. The van der Waals surface area contributed by atoms with Crippen molar-refractivity contribution in [1.82, 2.24) is 9.55 Å². The van der Waals surface area contributed by atoms with Crippen LogP contribution in [0, 0.1) is 5.82 Å². The van der Waals surface area contributed by atoms with Crippen molar-refractivity contribution in [2.45, 2.75) is 23.8 Å². The summed E-state index contributed by atoms with van der Waals surface area (Å²) in [5.41, 5.74) is 4.14. The first kappa shape index (κ1) is 23.0. The maximum absolute atomic E-state index is 15.1. The van der Waals surface area contributed by atoms with E-state index in [0.717, 1.165) is 28.0 Å². The molecule has 13 heteroatoms. The first-order chi connectivity index (χ1) is 15.5. The second-order valence-corrected chi connectivity index (χ2v) is 9.68. The number of benzene rings is 2. The summed E-state index contributed by atoms with van der Waals surface area (Å²) in [6.45, 7) is 0.468. The van der Waals surface area contributed by atoms with Gasteiger partial charge in [-0.1, -0.05) is 24.3 Å². The summed E-state index contributed by atoms with van der Waals surface area (Å²) < 4.78 is 77.3. The van der Waals surface area contributed by atoms with Gasteiger partial charge in [-0.2, -0.15) is 8.78 Å². The molecule has 0 saturated heterocycles. The van der Waals surface area contributed by atoms with Crippen LogP contribution in [0.3, 0.4) is 0 Å². The Balaban J connectivity index is 1.84. The van der Waals surface area contributed by atoms with Crippen molar-refractivity contribution in [1.29, 1.82) is 0 Å². The van der Waals surface area contributed by atoms with E-state index in [1.54, 1.807) is 5.38 Å². The number of hydrogen-bond donors (Lipinski definition) is 2. The Kier molecular flexibility index (Phi) is 5.80. The number of thiazole rings is 1. The molecule has 0 aliphatic heterocycles. The molecule has 8 nitrogen and oxygen atoms in total.